The molecule has 0 spiro atoms. The molecule has 0 atom stereocenters. The molecule has 0 aromatic heterocycles. The molecule has 0 saturated heterocycles. The highest BCUT2D eigenvalue weighted by molar-refractivity contribution is 5.92. The second kappa shape index (κ2) is 9.77. The van der Waals surface area contributed by atoms with E-state index in [9.17, 15) is 9.59 Å². The van der Waals surface area contributed by atoms with Crippen LogP contribution in [0.4, 0.5) is 16.2 Å². The van der Waals surface area contributed by atoms with Gasteiger partial charge in [-0.15, -0.1) is 0 Å². The summed E-state index contributed by atoms with van der Waals surface area (Å²) in [6.07, 6.45) is 4.51. The van der Waals surface area contributed by atoms with Crippen molar-refractivity contribution in [1.29, 1.82) is 0 Å². The number of anilines is 2. The molecule has 0 fully saturated rings. The quantitative estimate of drug-likeness (QED) is 0.553. The van der Waals surface area contributed by atoms with Crippen molar-refractivity contribution in [3.8, 4) is 0 Å². The molecule has 0 bridgehead atoms. The first-order valence-electron chi connectivity index (χ1n) is 7.24. The number of hydrogen-bond acceptors (Lipinski definition) is 3. The molecule has 0 radical (unpaired) electrons. The van der Waals surface area contributed by atoms with Crippen molar-refractivity contribution in [3.63, 3.8) is 0 Å². The fourth-order valence-electron chi connectivity index (χ4n) is 1.84. The number of carbonyl (C=O) groups is 2. The van der Waals surface area contributed by atoms with Crippen LogP contribution in [0.2, 0.25) is 0 Å². The van der Waals surface area contributed by atoms with E-state index in [0.29, 0.717) is 18.7 Å². The SMILES string of the molecule is CNC(=O)Nc1ccc(NC(=O)CCCCCCN)cc1. The van der Waals surface area contributed by atoms with Gasteiger partial charge in [0.1, 0.15) is 0 Å². The van der Waals surface area contributed by atoms with E-state index < -0.39 is 0 Å². The van der Waals surface area contributed by atoms with E-state index in [1.807, 2.05) is 0 Å². The van der Waals surface area contributed by atoms with Crippen molar-refractivity contribution < 1.29 is 9.59 Å². The van der Waals surface area contributed by atoms with Crippen molar-refractivity contribution in [2.75, 3.05) is 24.2 Å². The number of unbranched alkanes of at least 4 members (excludes halogenated alkanes) is 3. The van der Waals surface area contributed by atoms with Crippen LogP contribution in [-0.2, 0) is 4.79 Å². The van der Waals surface area contributed by atoms with Gasteiger partial charge in [-0.25, -0.2) is 4.79 Å². The van der Waals surface area contributed by atoms with Crippen LogP contribution in [0.3, 0.4) is 0 Å². The van der Waals surface area contributed by atoms with E-state index in [0.717, 1.165) is 31.4 Å². The maximum atomic E-state index is 11.7. The third-order valence-corrected chi connectivity index (χ3v) is 3.01. The Labute approximate surface area is 125 Å². The van der Waals surface area contributed by atoms with Crippen LogP contribution in [0.15, 0.2) is 24.3 Å². The molecular formula is C15H24N4O2. The molecule has 6 heteroatoms. The standard InChI is InChI=1S/C15H24N4O2/c1-17-15(21)19-13-9-7-12(8-10-13)18-14(20)6-4-2-3-5-11-16/h7-10H,2-6,11,16H2,1H3,(H,18,20)(H2,17,19,21). The number of rotatable bonds is 8. The summed E-state index contributed by atoms with van der Waals surface area (Å²) in [4.78, 5) is 22.9. The van der Waals surface area contributed by atoms with E-state index >= 15 is 0 Å². The van der Waals surface area contributed by atoms with Gasteiger partial charge in [0.2, 0.25) is 5.91 Å². The topological polar surface area (TPSA) is 96.2 Å². The summed E-state index contributed by atoms with van der Waals surface area (Å²) < 4.78 is 0. The number of benzene rings is 1. The molecular weight excluding hydrogens is 268 g/mol. The summed E-state index contributed by atoms with van der Waals surface area (Å²) in [5.74, 6) is 0.00904. The number of nitrogens with two attached hydrogens (primary N) is 1. The lowest BCUT2D eigenvalue weighted by Crippen LogP contribution is -2.24. The lowest BCUT2D eigenvalue weighted by molar-refractivity contribution is -0.116. The normalized spacial score (nSPS) is 10.0. The van der Waals surface area contributed by atoms with Gasteiger partial charge in [0.25, 0.3) is 0 Å². The van der Waals surface area contributed by atoms with Crippen molar-refractivity contribution in [2.24, 2.45) is 5.73 Å². The summed E-state index contributed by atoms with van der Waals surface area (Å²) in [5, 5.41) is 7.96. The van der Waals surface area contributed by atoms with Gasteiger partial charge in [0, 0.05) is 24.8 Å². The minimum absolute atomic E-state index is 0.00904. The first-order valence-corrected chi connectivity index (χ1v) is 7.24. The summed E-state index contributed by atoms with van der Waals surface area (Å²) in [7, 11) is 1.55. The fraction of sp³-hybridized carbons (Fsp3) is 0.467. The zero-order valence-electron chi connectivity index (χ0n) is 12.4. The van der Waals surface area contributed by atoms with Crippen LogP contribution in [0.25, 0.3) is 0 Å². The van der Waals surface area contributed by atoms with Crippen molar-refractivity contribution >= 4 is 23.3 Å². The Bertz CT molecular complexity index is 445. The molecule has 0 unspecified atom stereocenters. The molecule has 0 aliphatic rings. The average molecular weight is 292 g/mol. The predicted molar refractivity (Wildman–Crippen MR) is 85.3 cm³/mol. The Morgan fingerprint density at radius 1 is 0.952 bits per heavy atom. The highest BCUT2D eigenvalue weighted by atomic mass is 16.2. The highest BCUT2D eigenvalue weighted by Gasteiger charge is 2.03. The molecule has 0 aliphatic heterocycles. The average Bonchev–Trinajstić information content (AvgIpc) is 2.49. The maximum absolute atomic E-state index is 11.7. The summed E-state index contributed by atoms with van der Waals surface area (Å²) in [5.41, 5.74) is 6.82. The number of nitrogens with one attached hydrogen (secondary N) is 3. The number of hydrogen-bond donors (Lipinski definition) is 4. The Kier molecular flexibility index (Phi) is 7.89. The highest BCUT2D eigenvalue weighted by Crippen LogP contribution is 2.14. The smallest absolute Gasteiger partial charge is 0.318 e. The number of urea groups is 1. The maximum Gasteiger partial charge on any atom is 0.318 e. The van der Waals surface area contributed by atoms with Crippen LogP contribution in [0.5, 0.6) is 0 Å². The third-order valence-electron chi connectivity index (χ3n) is 3.01. The van der Waals surface area contributed by atoms with Gasteiger partial charge in [0.15, 0.2) is 0 Å². The molecule has 1 rings (SSSR count). The fourth-order valence-corrected chi connectivity index (χ4v) is 1.84. The minimum atomic E-state index is -0.274. The molecule has 5 N–H and O–H groups in total. The van der Waals surface area contributed by atoms with E-state index in [4.69, 9.17) is 5.73 Å². The van der Waals surface area contributed by atoms with Crippen LogP contribution in [0.1, 0.15) is 32.1 Å². The zero-order chi connectivity index (χ0) is 15.5. The van der Waals surface area contributed by atoms with Crippen molar-refractivity contribution in [1.82, 2.24) is 5.32 Å². The number of amides is 3. The Morgan fingerprint density at radius 2 is 1.52 bits per heavy atom. The minimum Gasteiger partial charge on any atom is -0.341 e. The van der Waals surface area contributed by atoms with E-state index in [1.54, 1.807) is 31.3 Å². The van der Waals surface area contributed by atoms with Crippen LogP contribution < -0.4 is 21.7 Å². The first kappa shape index (κ1) is 17.0. The summed E-state index contributed by atoms with van der Waals surface area (Å²) >= 11 is 0. The second-order valence-electron chi connectivity index (χ2n) is 4.78. The first-order chi connectivity index (χ1) is 10.2. The monoisotopic (exact) mass is 292 g/mol. The summed E-state index contributed by atoms with van der Waals surface area (Å²) in [6, 6.07) is 6.73. The van der Waals surface area contributed by atoms with Crippen molar-refractivity contribution in [2.45, 2.75) is 32.1 Å². The van der Waals surface area contributed by atoms with Gasteiger partial charge in [-0.2, -0.15) is 0 Å². The van der Waals surface area contributed by atoms with Crippen LogP contribution in [0, 0.1) is 0 Å². The molecule has 3 amide bonds. The lowest BCUT2D eigenvalue weighted by atomic mass is 10.1. The van der Waals surface area contributed by atoms with E-state index in [1.165, 1.54) is 0 Å². The molecule has 116 valence electrons. The van der Waals surface area contributed by atoms with Gasteiger partial charge in [-0.3, -0.25) is 4.79 Å². The molecule has 0 saturated carbocycles. The summed E-state index contributed by atoms with van der Waals surface area (Å²) in [6.45, 7) is 0.711. The van der Waals surface area contributed by atoms with E-state index in [2.05, 4.69) is 16.0 Å². The molecule has 0 aliphatic carbocycles. The van der Waals surface area contributed by atoms with E-state index in [-0.39, 0.29) is 11.9 Å². The largest absolute Gasteiger partial charge is 0.341 e. The van der Waals surface area contributed by atoms with Gasteiger partial charge in [-0.05, 0) is 43.7 Å². The van der Waals surface area contributed by atoms with Gasteiger partial charge in [0.05, 0.1) is 0 Å². The lowest BCUT2D eigenvalue weighted by Gasteiger charge is -2.07. The van der Waals surface area contributed by atoms with Gasteiger partial charge >= 0.3 is 6.03 Å². The van der Waals surface area contributed by atoms with Gasteiger partial charge in [-0.1, -0.05) is 12.8 Å². The zero-order valence-corrected chi connectivity index (χ0v) is 12.4. The molecule has 1 aromatic rings. The van der Waals surface area contributed by atoms with Crippen molar-refractivity contribution in [3.05, 3.63) is 24.3 Å². The Morgan fingerprint density at radius 3 is 2.10 bits per heavy atom. The van der Waals surface area contributed by atoms with Crippen LogP contribution in [-0.4, -0.2) is 25.5 Å². The Balaban J connectivity index is 2.31. The molecule has 6 nitrogen and oxygen atoms in total. The molecule has 21 heavy (non-hydrogen) atoms. The molecule has 1 aromatic carbocycles. The van der Waals surface area contributed by atoms with Crippen LogP contribution >= 0.6 is 0 Å². The molecule has 0 heterocycles. The predicted octanol–water partition coefficient (Wildman–Crippen LogP) is 2.29. The van der Waals surface area contributed by atoms with Gasteiger partial charge < -0.3 is 21.7 Å². The number of carbonyl (C=O) groups excluding carboxylic acids is 2. The third kappa shape index (κ3) is 7.31. The second-order valence-corrected chi connectivity index (χ2v) is 4.78. The Hall–Kier alpha value is -2.08.